The molecule has 0 bridgehead atoms. The molecule has 0 aromatic heterocycles. The molecule has 1 N–H and O–H groups in total. The fourth-order valence-electron chi connectivity index (χ4n) is 3.41. The van der Waals surface area contributed by atoms with Gasteiger partial charge in [0.15, 0.2) is 0 Å². The van der Waals surface area contributed by atoms with Crippen molar-refractivity contribution in [3.8, 4) is 5.75 Å². The number of benzene rings is 1. The van der Waals surface area contributed by atoms with Crippen LogP contribution in [-0.4, -0.2) is 38.1 Å². The number of amides is 1. The first kappa shape index (κ1) is 20.8. The normalized spacial score (nSPS) is 16.2. The fraction of sp³-hybridized carbons (Fsp3) is 0.632. The first-order chi connectivity index (χ1) is 11.0. The van der Waals surface area contributed by atoms with Gasteiger partial charge >= 0.3 is 0 Å². The quantitative estimate of drug-likeness (QED) is 0.851. The predicted molar refractivity (Wildman–Crippen MR) is 101 cm³/mol. The van der Waals surface area contributed by atoms with Crippen molar-refractivity contribution in [2.45, 2.75) is 39.7 Å². The summed E-state index contributed by atoms with van der Waals surface area (Å²) < 4.78 is 5.29. The summed E-state index contributed by atoms with van der Waals surface area (Å²) in [5.74, 6) is 2.27. The minimum Gasteiger partial charge on any atom is -0.496 e. The van der Waals surface area contributed by atoms with Crippen LogP contribution in [0, 0.1) is 18.8 Å². The van der Waals surface area contributed by atoms with Gasteiger partial charge in [0, 0.05) is 20.0 Å². The summed E-state index contributed by atoms with van der Waals surface area (Å²) in [5, 5.41) is 3.39. The van der Waals surface area contributed by atoms with Crippen molar-refractivity contribution in [3.05, 3.63) is 29.3 Å². The maximum atomic E-state index is 12.5. The van der Waals surface area contributed by atoms with Crippen molar-refractivity contribution in [2.75, 3.05) is 27.2 Å². The average Bonchev–Trinajstić information content (AvgIpc) is 2.55. The largest absolute Gasteiger partial charge is 0.496 e. The van der Waals surface area contributed by atoms with E-state index in [2.05, 4.69) is 18.3 Å². The van der Waals surface area contributed by atoms with Crippen molar-refractivity contribution < 1.29 is 9.53 Å². The van der Waals surface area contributed by atoms with Crippen molar-refractivity contribution in [2.24, 2.45) is 11.8 Å². The van der Waals surface area contributed by atoms with Gasteiger partial charge in [-0.3, -0.25) is 4.79 Å². The summed E-state index contributed by atoms with van der Waals surface area (Å²) in [4.78, 5) is 14.3. The zero-order chi connectivity index (χ0) is 16.8. The second-order valence-electron chi connectivity index (χ2n) is 6.82. The molecule has 1 unspecified atom stereocenters. The third-order valence-electron chi connectivity index (χ3n) is 4.99. The fourth-order valence-corrected chi connectivity index (χ4v) is 3.41. The molecule has 1 aromatic carbocycles. The van der Waals surface area contributed by atoms with Crippen LogP contribution in [0.3, 0.4) is 0 Å². The molecule has 1 fully saturated rings. The van der Waals surface area contributed by atoms with Gasteiger partial charge < -0.3 is 15.0 Å². The Morgan fingerprint density at radius 2 is 2.04 bits per heavy atom. The van der Waals surface area contributed by atoms with Crippen molar-refractivity contribution in [1.82, 2.24) is 10.2 Å². The summed E-state index contributed by atoms with van der Waals surface area (Å²) in [6.45, 7) is 7.08. The van der Waals surface area contributed by atoms with Crippen LogP contribution < -0.4 is 10.1 Å². The molecule has 5 heteroatoms. The highest BCUT2D eigenvalue weighted by molar-refractivity contribution is 5.85. The molecule has 0 saturated carbocycles. The highest BCUT2D eigenvalue weighted by Crippen LogP contribution is 2.25. The number of methoxy groups -OCH3 is 1. The van der Waals surface area contributed by atoms with E-state index in [1.54, 1.807) is 7.11 Å². The van der Waals surface area contributed by atoms with E-state index >= 15 is 0 Å². The van der Waals surface area contributed by atoms with Crippen molar-refractivity contribution >= 4 is 18.3 Å². The lowest BCUT2D eigenvalue weighted by atomic mass is 9.84. The topological polar surface area (TPSA) is 41.6 Å². The van der Waals surface area contributed by atoms with Crippen LogP contribution in [0.25, 0.3) is 0 Å². The van der Waals surface area contributed by atoms with Gasteiger partial charge in [-0.25, -0.2) is 0 Å². The Labute approximate surface area is 152 Å². The molecule has 1 aromatic rings. The Bertz CT molecular complexity index is 530. The van der Waals surface area contributed by atoms with Gasteiger partial charge in [0.2, 0.25) is 5.91 Å². The van der Waals surface area contributed by atoms with Gasteiger partial charge in [0.25, 0.3) is 0 Å². The van der Waals surface area contributed by atoms with Crippen LogP contribution in [0.2, 0.25) is 0 Å². The predicted octanol–water partition coefficient (Wildman–Crippen LogP) is 3.41. The molecule has 24 heavy (non-hydrogen) atoms. The van der Waals surface area contributed by atoms with Crippen molar-refractivity contribution in [1.29, 1.82) is 0 Å². The maximum Gasteiger partial charge on any atom is 0.222 e. The molecule has 1 amide bonds. The Morgan fingerprint density at radius 1 is 1.38 bits per heavy atom. The van der Waals surface area contributed by atoms with Crippen LogP contribution in [0.5, 0.6) is 5.75 Å². The highest BCUT2D eigenvalue weighted by Gasteiger charge is 2.23. The van der Waals surface area contributed by atoms with E-state index in [0.717, 1.165) is 30.0 Å². The van der Waals surface area contributed by atoms with Crippen LogP contribution in [0.4, 0.5) is 0 Å². The molecular weight excluding hydrogens is 324 g/mol. The number of carbonyl (C=O) groups is 1. The van der Waals surface area contributed by atoms with Crippen molar-refractivity contribution in [3.63, 3.8) is 0 Å². The third kappa shape index (κ3) is 5.67. The molecule has 0 aliphatic carbocycles. The van der Waals surface area contributed by atoms with Gasteiger partial charge in [-0.2, -0.15) is 0 Å². The number of ether oxygens (including phenoxy) is 1. The Hall–Kier alpha value is -1.26. The number of hydrogen-bond acceptors (Lipinski definition) is 3. The summed E-state index contributed by atoms with van der Waals surface area (Å²) in [5.41, 5.74) is 2.25. The van der Waals surface area contributed by atoms with E-state index in [4.69, 9.17) is 4.74 Å². The summed E-state index contributed by atoms with van der Waals surface area (Å²) in [6.07, 6.45) is 3.03. The maximum absolute atomic E-state index is 12.5. The van der Waals surface area contributed by atoms with E-state index < -0.39 is 0 Å². The first-order valence-electron chi connectivity index (χ1n) is 8.59. The Balaban J connectivity index is 0.00000288. The number of aryl methyl sites for hydroxylation is 1. The first-order valence-corrected chi connectivity index (χ1v) is 8.59. The van der Waals surface area contributed by atoms with Crippen LogP contribution in [0.15, 0.2) is 18.2 Å². The number of nitrogens with one attached hydrogen (secondary N) is 1. The smallest absolute Gasteiger partial charge is 0.222 e. The molecule has 1 aliphatic heterocycles. The lowest BCUT2D eigenvalue weighted by Crippen LogP contribution is -2.34. The second-order valence-corrected chi connectivity index (χ2v) is 6.82. The summed E-state index contributed by atoms with van der Waals surface area (Å²) in [7, 11) is 3.58. The van der Waals surface area contributed by atoms with Crippen LogP contribution >= 0.6 is 12.4 Å². The second kappa shape index (κ2) is 9.90. The standard InChI is InChI=1S/C19H30N2O2.ClH/c1-14(17-7-9-20-10-8-17)12-19(22)21(3)13-16-5-6-18(23-4)15(2)11-16;/h5-6,11,14,17,20H,7-10,12-13H2,1-4H3;1H. The zero-order valence-electron chi connectivity index (χ0n) is 15.3. The van der Waals surface area contributed by atoms with Gasteiger partial charge in [0.05, 0.1) is 7.11 Å². The van der Waals surface area contributed by atoms with Gasteiger partial charge in [-0.05, 0) is 61.9 Å². The molecule has 0 spiro atoms. The monoisotopic (exact) mass is 354 g/mol. The van der Waals surface area contributed by atoms with E-state index in [1.807, 2.05) is 31.0 Å². The zero-order valence-corrected chi connectivity index (χ0v) is 16.1. The number of hydrogen-bond donors (Lipinski definition) is 1. The lowest BCUT2D eigenvalue weighted by molar-refractivity contribution is -0.131. The number of halogens is 1. The molecule has 136 valence electrons. The molecule has 0 radical (unpaired) electrons. The van der Waals surface area contributed by atoms with E-state index in [-0.39, 0.29) is 18.3 Å². The van der Waals surface area contributed by atoms with E-state index in [1.165, 1.54) is 12.8 Å². The SMILES string of the molecule is COc1ccc(CN(C)C(=O)CC(C)C2CCNCC2)cc1C.Cl. The van der Waals surface area contributed by atoms with Gasteiger partial charge in [-0.15, -0.1) is 12.4 Å². The molecule has 1 aliphatic rings. The Kier molecular flexibility index (Phi) is 8.57. The molecule has 1 heterocycles. The number of rotatable bonds is 6. The number of carbonyl (C=O) groups excluding carboxylic acids is 1. The number of piperidine rings is 1. The average molecular weight is 355 g/mol. The summed E-state index contributed by atoms with van der Waals surface area (Å²) in [6, 6.07) is 6.10. The molecule has 1 atom stereocenters. The van der Waals surface area contributed by atoms with Gasteiger partial charge in [-0.1, -0.05) is 19.1 Å². The van der Waals surface area contributed by atoms with Crippen LogP contribution in [0.1, 0.15) is 37.3 Å². The van der Waals surface area contributed by atoms with Crippen LogP contribution in [-0.2, 0) is 11.3 Å². The van der Waals surface area contributed by atoms with E-state index in [9.17, 15) is 4.79 Å². The molecule has 2 rings (SSSR count). The third-order valence-corrected chi connectivity index (χ3v) is 4.99. The molecule has 1 saturated heterocycles. The van der Waals surface area contributed by atoms with E-state index in [0.29, 0.717) is 24.8 Å². The highest BCUT2D eigenvalue weighted by atomic mass is 35.5. The molecular formula is C19H31ClN2O2. The Morgan fingerprint density at radius 3 is 2.62 bits per heavy atom. The minimum atomic E-state index is 0. The minimum absolute atomic E-state index is 0. The lowest BCUT2D eigenvalue weighted by Gasteiger charge is -2.29. The molecule has 4 nitrogen and oxygen atoms in total. The summed E-state index contributed by atoms with van der Waals surface area (Å²) >= 11 is 0. The number of nitrogens with zero attached hydrogens (tertiary/aromatic N) is 1. The van der Waals surface area contributed by atoms with Gasteiger partial charge in [0.1, 0.15) is 5.75 Å².